The maximum absolute atomic E-state index is 13.8. The van der Waals surface area contributed by atoms with Gasteiger partial charge in [-0.1, -0.05) is 17.7 Å². The summed E-state index contributed by atoms with van der Waals surface area (Å²) in [6.07, 6.45) is 0.409. The molecule has 18 heavy (non-hydrogen) atoms. The predicted molar refractivity (Wildman–Crippen MR) is 64.4 cm³/mol. The van der Waals surface area contributed by atoms with Crippen LogP contribution in [-0.2, 0) is 4.79 Å². The fourth-order valence-electron chi connectivity index (χ4n) is 2.19. The Balaban J connectivity index is 2.30. The highest BCUT2D eigenvalue weighted by molar-refractivity contribution is 6.30. The van der Waals surface area contributed by atoms with Crippen LogP contribution in [0.3, 0.4) is 0 Å². The molecular weight excluding hydrogens is 261 g/mol. The summed E-state index contributed by atoms with van der Waals surface area (Å²) in [7, 11) is 1.36. The van der Waals surface area contributed by atoms with Crippen molar-refractivity contribution >= 4 is 17.6 Å². The smallest absolute Gasteiger partial charge is 0.307 e. The summed E-state index contributed by atoms with van der Waals surface area (Å²) in [5, 5.41) is 12.0. The first-order valence-corrected chi connectivity index (χ1v) is 5.90. The van der Waals surface area contributed by atoms with E-state index in [1.165, 1.54) is 13.2 Å². The summed E-state index contributed by atoms with van der Waals surface area (Å²) in [5.41, 5.74) is 0.600. The normalized spacial score (nSPS) is 23.1. The molecule has 0 aliphatic carbocycles. The Labute approximate surface area is 109 Å². The van der Waals surface area contributed by atoms with Gasteiger partial charge in [-0.25, -0.2) is 4.39 Å². The monoisotopic (exact) mass is 273 g/mol. The number of ether oxygens (including phenoxy) is 1. The zero-order valence-electron chi connectivity index (χ0n) is 9.74. The van der Waals surface area contributed by atoms with Crippen LogP contribution in [0.25, 0.3) is 0 Å². The molecule has 6 heteroatoms. The SMILES string of the molecule is COc1c(C2CC(C(=O)O)CN2)ccc(Cl)c1F. The number of carboxylic acid groups (broad SMARTS) is 1. The molecule has 1 aromatic carbocycles. The van der Waals surface area contributed by atoms with Gasteiger partial charge in [0, 0.05) is 18.2 Å². The number of carboxylic acids is 1. The van der Waals surface area contributed by atoms with E-state index in [9.17, 15) is 9.18 Å². The molecule has 1 aliphatic rings. The first-order chi connectivity index (χ1) is 8.54. The van der Waals surface area contributed by atoms with Crippen LogP contribution >= 0.6 is 11.6 Å². The largest absolute Gasteiger partial charge is 0.493 e. The van der Waals surface area contributed by atoms with Gasteiger partial charge in [-0.3, -0.25) is 4.79 Å². The van der Waals surface area contributed by atoms with Gasteiger partial charge in [0.1, 0.15) is 0 Å². The molecule has 0 amide bonds. The molecule has 2 N–H and O–H groups in total. The maximum atomic E-state index is 13.8. The van der Waals surface area contributed by atoms with Crippen molar-refractivity contribution in [2.24, 2.45) is 5.92 Å². The van der Waals surface area contributed by atoms with Crippen LogP contribution in [0.1, 0.15) is 18.0 Å². The third-order valence-electron chi connectivity index (χ3n) is 3.14. The fourth-order valence-corrected chi connectivity index (χ4v) is 2.34. The molecule has 0 aromatic heterocycles. The number of rotatable bonds is 3. The highest BCUT2D eigenvalue weighted by atomic mass is 35.5. The Morgan fingerprint density at radius 1 is 1.61 bits per heavy atom. The van der Waals surface area contributed by atoms with Crippen molar-refractivity contribution in [3.63, 3.8) is 0 Å². The second-order valence-corrected chi connectivity index (χ2v) is 4.62. The Bertz CT molecular complexity index is 481. The fraction of sp³-hybridized carbons (Fsp3) is 0.417. The third-order valence-corrected chi connectivity index (χ3v) is 3.43. The predicted octanol–water partition coefficient (Wildman–Crippen LogP) is 2.22. The van der Waals surface area contributed by atoms with Gasteiger partial charge in [0.05, 0.1) is 18.1 Å². The lowest BCUT2D eigenvalue weighted by Crippen LogP contribution is -2.17. The molecule has 2 unspecified atom stereocenters. The highest BCUT2D eigenvalue weighted by Gasteiger charge is 2.32. The van der Waals surface area contributed by atoms with E-state index < -0.39 is 17.7 Å². The van der Waals surface area contributed by atoms with Gasteiger partial charge in [0.15, 0.2) is 11.6 Å². The summed E-state index contributed by atoms with van der Waals surface area (Å²) >= 11 is 5.68. The molecule has 2 rings (SSSR count). The summed E-state index contributed by atoms with van der Waals surface area (Å²) in [4.78, 5) is 10.9. The second kappa shape index (κ2) is 5.12. The van der Waals surface area contributed by atoms with Crippen LogP contribution in [0.15, 0.2) is 12.1 Å². The quantitative estimate of drug-likeness (QED) is 0.887. The van der Waals surface area contributed by atoms with Crippen molar-refractivity contribution in [2.75, 3.05) is 13.7 Å². The first kappa shape index (κ1) is 13.1. The number of aliphatic carboxylic acids is 1. The zero-order chi connectivity index (χ0) is 13.3. The standard InChI is InChI=1S/C12H13ClFNO3/c1-18-11-7(2-3-8(13)10(11)14)9-4-6(5-15-9)12(16)17/h2-3,6,9,15H,4-5H2,1H3,(H,16,17). The average molecular weight is 274 g/mol. The molecule has 1 saturated heterocycles. The number of halogens is 2. The molecular formula is C12H13ClFNO3. The Hall–Kier alpha value is -1.33. The van der Waals surface area contributed by atoms with E-state index >= 15 is 0 Å². The van der Waals surface area contributed by atoms with Crippen molar-refractivity contribution in [3.05, 3.63) is 28.5 Å². The zero-order valence-corrected chi connectivity index (χ0v) is 10.5. The number of hydrogen-bond donors (Lipinski definition) is 2. The van der Waals surface area contributed by atoms with Crippen molar-refractivity contribution < 1.29 is 19.0 Å². The van der Waals surface area contributed by atoms with Gasteiger partial charge < -0.3 is 15.2 Å². The van der Waals surface area contributed by atoms with Crippen molar-refractivity contribution in [1.29, 1.82) is 0 Å². The molecule has 0 radical (unpaired) electrons. The van der Waals surface area contributed by atoms with Crippen LogP contribution in [0, 0.1) is 11.7 Å². The van der Waals surface area contributed by atoms with E-state index in [4.69, 9.17) is 21.4 Å². The van der Waals surface area contributed by atoms with E-state index in [-0.39, 0.29) is 16.8 Å². The maximum Gasteiger partial charge on any atom is 0.307 e. The lowest BCUT2D eigenvalue weighted by atomic mass is 9.99. The minimum absolute atomic E-state index is 0.0108. The molecule has 0 spiro atoms. The highest BCUT2D eigenvalue weighted by Crippen LogP contribution is 2.37. The van der Waals surface area contributed by atoms with Gasteiger partial charge in [0.2, 0.25) is 0 Å². The van der Waals surface area contributed by atoms with Crippen molar-refractivity contribution in [1.82, 2.24) is 5.32 Å². The van der Waals surface area contributed by atoms with Crippen LogP contribution < -0.4 is 10.1 Å². The molecule has 0 bridgehead atoms. The molecule has 1 fully saturated rings. The van der Waals surface area contributed by atoms with Crippen molar-refractivity contribution in [3.8, 4) is 5.75 Å². The second-order valence-electron chi connectivity index (χ2n) is 4.22. The van der Waals surface area contributed by atoms with Crippen molar-refractivity contribution in [2.45, 2.75) is 12.5 Å². The molecule has 98 valence electrons. The van der Waals surface area contributed by atoms with Crippen LogP contribution in [0.4, 0.5) is 4.39 Å². The Kier molecular flexibility index (Phi) is 3.73. The van der Waals surface area contributed by atoms with Crippen LogP contribution in [-0.4, -0.2) is 24.7 Å². The van der Waals surface area contributed by atoms with Gasteiger partial charge in [0.25, 0.3) is 0 Å². The molecule has 1 heterocycles. The number of carbonyl (C=O) groups is 1. The molecule has 2 atom stereocenters. The molecule has 1 aromatic rings. The average Bonchev–Trinajstić information content (AvgIpc) is 2.82. The Morgan fingerprint density at radius 3 is 2.89 bits per heavy atom. The summed E-state index contributed by atoms with van der Waals surface area (Å²) in [6, 6.07) is 2.88. The van der Waals surface area contributed by atoms with E-state index in [2.05, 4.69) is 5.32 Å². The number of methoxy groups -OCH3 is 1. The van der Waals surface area contributed by atoms with E-state index in [0.29, 0.717) is 18.5 Å². The lowest BCUT2D eigenvalue weighted by molar-refractivity contribution is -0.141. The topological polar surface area (TPSA) is 58.6 Å². The van der Waals surface area contributed by atoms with Gasteiger partial charge in [-0.15, -0.1) is 0 Å². The van der Waals surface area contributed by atoms with Gasteiger partial charge in [-0.2, -0.15) is 0 Å². The first-order valence-electron chi connectivity index (χ1n) is 5.52. The minimum Gasteiger partial charge on any atom is -0.493 e. The Morgan fingerprint density at radius 2 is 2.33 bits per heavy atom. The summed E-state index contributed by atoms with van der Waals surface area (Å²) < 4.78 is 18.8. The van der Waals surface area contributed by atoms with Gasteiger partial charge >= 0.3 is 5.97 Å². The van der Waals surface area contributed by atoms with E-state index in [0.717, 1.165) is 0 Å². The summed E-state index contributed by atoms with van der Waals surface area (Å²) in [5.74, 6) is -1.85. The minimum atomic E-state index is -0.849. The van der Waals surface area contributed by atoms with Crippen LogP contribution in [0.2, 0.25) is 5.02 Å². The number of benzene rings is 1. The number of nitrogens with one attached hydrogen (secondary N) is 1. The third kappa shape index (κ3) is 2.28. The molecule has 1 aliphatic heterocycles. The van der Waals surface area contributed by atoms with Gasteiger partial charge in [-0.05, 0) is 12.5 Å². The van der Waals surface area contributed by atoms with E-state index in [1.807, 2.05) is 0 Å². The molecule has 4 nitrogen and oxygen atoms in total. The lowest BCUT2D eigenvalue weighted by Gasteiger charge is -2.16. The van der Waals surface area contributed by atoms with Crippen LogP contribution in [0.5, 0.6) is 5.75 Å². The molecule has 0 saturated carbocycles. The van der Waals surface area contributed by atoms with E-state index in [1.54, 1.807) is 6.07 Å². The summed E-state index contributed by atoms with van der Waals surface area (Å²) in [6.45, 7) is 0.368. The number of hydrogen-bond acceptors (Lipinski definition) is 3.